The van der Waals surface area contributed by atoms with Crippen LogP contribution in [0.4, 0.5) is 0 Å². The van der Waals surface area contributed by atoms with Crippen LogP contribution in [-0.4, -0.2) is 33.4 Å². The van der Waals surface area contributed by atoms with E-state index in [0.717, 1.165) is 42.5 Å². The Kier molecular flexibility index (Phi) is 6.30. The van der Waals surface area contributed by atoms with Gasteiger partial charge in [-0.1, -0.05) is 26.0 Å². The highest BCUT2D eigenvalue weighted by molar-refractivity contribution is 8.00. The zero-order valence-corrected chi connectivity index (χ0v) is 16.7. The third kappa shape index (κ3) is 4.63. The van der Waals surface area contributed by atoms with Crippen LogP contribution in [0.1, 0.15) is 51.5 Å². The zero-order chi connectivity index (χ0) is 18.7. The summed E-state index contributed by atoms with van der Waals surface area (Å²) < 4.78 is 0. The Morgan fingerprint density at radius 3 is 2.73 bits per heavy atom. The lowest BCUT2D eigenvalue weighted by Gasteiger charge is -2.28. The summed E-state index contributed by atoms with van der Waals surface area (Å²) in [6, 6.07) is 6.45. The molecule has 1 aromatic carbocycles. The van der Waals surface area contributed by atoms with E-state index < -0.39 is 0 Å². The number of thioether (sulfide) groups is 1. The first-order chi connectivity index (χ1) is 12.4. The van der Waals surface area contributed by atoms with Gasteiger partial charge in [0.25, 0.3) is 0 Å². The molecule has 4 nitrogen and oxygen atoms in total. The molecule has 1 aliphatic rings. The molecule has 0 radical (unpaired) electrons. The lowest BCUT2D eigenvalue weighted by molar-refractivity contribution is -0.121. The van der Waals surface area contributed by atoms with Crippen LogP contribution in [0.3, 0.4) is 0 Å². The van der Waals surface area contributed by atoms with Crippen molar-refractivity contribution in [1.82, 2.24) is 10.3 Å². The predicted octanol–water partition coefficient (Wildman–Crippen LogP) is 4.40. The number of rotatable bonds is 6. The number of fused-ring (bicyclic) bond motifs is 1. The molecule has 3 N–H and O–H groups in total. The molecule has 1 saturated carbocycles. The van der Waals surface area contributed by atoms with Gasteiger partial charge in [0.1, 0.15) is 0 Å². The number of hydrogen-bond acceptors (Lipinski definition) is 3. The molecule has 0 bridgehead atoms. The fourth-order valence-electron chi connectivity index (χ4n) is 3.73. The Morgan fingerprint density at radius 1 is 1.31 bits per heavy atom. The molecule has 2 aromatic rings. The van der Waals surface area contributed by atoms with E-state index in [0.29, 0.717) is 5.92 Å². The van der Waals surface area contributed by atoms with E-state index >= 15 is 0 Å². The van der Waals surface area contributed by atoms with Crippen LogP contribution < -0.4 is 5.32 Å². The smallest absolute Gasteiger partial charge is 0.233 e. The summed E-state index contributed by atoms with van der Waals surface area (Å²) in [5, 5.41) is 14.0. The van der Waals surface area contributed by atoms with Crippen molar-refractivity contribution in [2.24, 2.45) is 5.92 Å². The van der Waals surface area contributed by atoms with Gasteiger partial charge in [0.15, 0.2) is 0 Å². The number of benzene rings is 1. The number of carbonyl (C=O) groups is 1. The van der Waals surface area contributed by atoms with Crippen molar-refractivity contribution in [3.05, 3.63) is 30.0 Å². The van der Waals surface area contributed by atoms with Gasteiger partial charge in [-0.2, -0.15) is 0 Å². The molecule has 1 fully saturated rings. The van der Waals surface area contributed by atoms with Crippen LogP contribution in [0.5, 0.6) is 0 Å². The second-order valence-electron chi connectivity index (χ2n) is 7.90. The van der Waals surface area contributed by atoms with Gasteiger partial charge in [-0.25, -0.2) is 0 Å². The number of aromatic amines is 1. The highest BCUT2D eigenvalue weighted by atomic mass is 32.2. The summed E-state index contributed by atoms with van der Waals surface area (Å²) >= 11 is 1.67. The van der Waals surface area contributed by atoms with Crippen LogP contribution in [-0.2, 0) is 4.79 Å². The first-order valence-corrected chi connectivity index (χ1v) is 10.5. The maximum Gasteiger partial charge on any atom is 0.233 e. The summed E-state index contributed by atoms with van der Waals surface area (Å²) in [5.41, 5.74) is 2.36. The van der Waals surface area contributed by atoms with Gasteiger partial charge in [-0.05, 0) is 56.6 Å². The lowest BCUT2D eigenvalue weighted by atomic mass is 9.93. The standard InChI is InChI=1S/C21H30N2O2S/c1-13(2)11-18(21(25)23-15-7-9-16(24)10-8-15)26-19-12-22-17-6-4-5-14(3)20(17)19/h4-6,12-13,15-16,18,22,24H,7-11H2,1-3H3,(H,23,25). The maximum absolute atomic E-state index is 13.0. The number of carbonyl (C=O) groups excluding carboxylic acids is 1. The molecule has 3 rings (SSSR count). The van der Waals surface area contributed by atoms with Gasteiger partial charge < -0.3 is 15.4 Å². The molecule has 1 unspecified atom stereocenters. The molecular formula is C21H30N2O2S. The number of hydrogen-bond donors (Lipinski definition) is 3. The van der Waals surface area contributed by atoms with E-state index in [1.807, 2.05) is 6.20 Å². The van der Waals surface area contributed by atoms with E-state index in [9.17, 15) is 9.90 Å². The lowest BCUT2D eigenvalue weighted by Crippen LogP contribution is -2.43. The van der Waals surface area contributed by atoms with E-state index in [1.165, 1.54) is 10.9 Å². The summed E-state index contributed by atoms with van der Waals surface area (Å²) in [6.07, 6.45) is 6.00. The summed E-state index contributed by atoms with van der Waals surface area (Å²) in [7, 11) is 0. The van der Waals surface area contributed by atoms with E-state index in [4.69, 9.17) is 0 Å². The second-order valence-corrected chi connectivity index (χ2v) is 9.15. The van der Waals surface area contributed by atoms with Gasteiger partial charge in [0, 0.05) is 28.0 Å². The molecule has 26 heavy (non-hydrogen) atoms. The molecule has 142 valence electrons. The van der Waals surface area contributed by atoms with Crippen molar-refractivity contribution in [3.8, 4) is 0 Å². The van der Waals surface area contributed by atoms with Gasteiger partial charge >= 0.3 is 0 Å². The molecular weight excluding hydrogens is 344 g/mol. The van der Waals surface area contributed by atoms with E-state index in [-0.39, 0.29) is 23.3 Å². The quantitative estimate of drug-likeness (QED) is 0.657. The normalized spacial score (nSPS) is 21.9. The minimum Gasteiger partial charge on any atom is -0.393 e. The highest BCUT2D eigenvalue weighted by Crippen LogP contribution is 2.35. The third-order valence-corrected chi connectivity index (χ3v) is 6.44. The molecule has 1 aliphatic carbocycles. The Balaban J connectivity index is 1.74. The first-order valence-electron chi connectivity index (χ1n) is 9.66. The second kappa shape index (κ2) is 8.49. The van der Waals surface area contributed by atoms with Crippen molar-refractivity contribution >= 4 is 28.6 Å². The van der Waals surface area contributed by atoms with Gasteiger partial charge in [0.05, 0.1) is 11.4 Å². The number of aryl methyl sites for hydroxylation is 1. The average molecular weight is 375 g/mol. The van der Waals surface area contributed by atoms with Crippen LogP contribution in [0, 0.1) is 12.8 Å². The average Bonchev–Trinajstić information content (AvgIpc) is 3.00. The third-order valence-electron chi connectivity index (χ3n) is 5.17. The fourth-order valence-corrected chi connectivity index (χ4v) is 5.21. The molecule has 1 aromatic heterocycles. The molecule has 0 saturated heterocycles. The Labute approximate surface area is 160 Å². The Morgan fingerprint density at radius 2 is 2.04 bits per heavy atom. The van der Waals surface area contributed by atoms with Crippen molar-refractivity contribution < 1.29 is 9.90 Å². The summed E-state index contributed by atoms with van der Waals surface area (Å²) in [5.74, 6) is 0.589. The number of aliphatic hydroxyl groups is 1. The fraction of sp³-hybridized carbons (Fsp3) is 0.571. The van der Waals surface area contributed by atoms with Gasteiger partial charge in [0.2, 0.25) is 5.91 Å². The molecule has 1 heterocycles. The minimum absolute atomic E-state index is 0.0968. The number of amides is 1. The van der Waals surface area contributed by atoms with Crippen molar-refractivity contribution in [1.29, 1.82) is 0 Å². The minimum atomic E-state index is -0.196. The number of H-pyrrole nitrogens is 1. The first kappa shape index (κ1) is 19.3. The molecule has 0 spiro atoms. The predicted molar refractivity (Wildman–Crippen MR) is 109 cm³/mol. The zero-order valence-electron chi connectivity index (χ0n) is 15.9. The van der Waals surface area contributed by atoms with E-state index in [2.05, 4.69) is 49.3 Å². The molecule has 1 amide bonds. The van der Waals surface area contributed by atoms with E-state index in [1.54, 1.807) is 11.8 Å². The number of nitrogens with one attached hydrogen (secondary N) is 2. The van der Waals surface area contributed by atoms with Gasteiger partial charge in [-0.15, -0.1) is 11.8 Å². The van der Waals surface area contributed by atoms with Crippen LogP contribution >= 0.6 is 11.8 Å². The topological polar surface area (TPSA) is 65.1 Å². The maximum atomic E-state index is 13.0. The van der Waals surface area contributed by atoms with Crippen LogP contribution in [0.15, 0.2) is 29.3 Å². The molecule has 0 aliphatic heterocycles. The summed E-state index contributed by atoms with van der Waals surface area (Å²) in [6.45, 7) is 6.45. The molecule has 1 atom stereocenters. The Bertz CT molecular complexity index is 748. The van der Waals surface area contributed by atoms with Gasteiger partial charge in [-0.3, -0.25) is 4.79 Å². The number of aliphatic hydroxyl groups excluding tert-OH is 1. The Hall–Kier alpha value is -1.46. The van der Waals surface area contributed by atoms with Crippen molar-refractivity contribution in [3.63, 3.8) is 0 Å². The SMILES string of the molecule is Cc1cccc2[nH]cc(SC(CC(C)C)C(=O)NC3CCC(O)CC3)c12. The van der Waals surface area contributed by atoms with Crippen LogP contribution in [0.2, 0.25) is 0 Å². The largest absolute Gasteiger partial charge is 0.393 e. The highest BCUT2D eigenvalue weighted by Gasteiger charge is 2.27. The van der Waals surface area contributed by atoms with Crippen molar-refractivity contribution in [2.75, 3.05) is 0 Å². The van der Waals surface area contributed by atoms with Crippen molar-refractivity contribution in [2.45, 2.75) is 75.2 Å². The molecule has 5 heteroatoms. The number of aromatic nitrogens is 1. The van der Waals surface area contributed by atoms with Crippen LogP contribution in [0.25, 0.3) is 10.9 Å². The monoisotopic (exact) mass is 374 g/mol. The summed E-state index contributed by atoms with van der Waals surface area (Å²) in [4.78, 5) is 17.5.